The lowest BCUT2D eigenvalue weighted by Gasteiger charge is -2.15. The number of benzene rings is 1. The molecule has 0 amide bonds. The van der Waals surface area contributed by atoms with Gasteiger partial charge in [0.2, 0.25) is 10.0 Å². The van der Waals surface area contributed by atoms with E-state index >= 15 is 0 Å². The Morgan fingerprint density at radius 1 is 1.43 bits per heavy atom. The van der Waals surface area contributed by atoms with Gasteiger partial charge in [-0.05, 0) is 19.1 Å². The second-order valence-electron chi connectivity index (χ2n) is 4.30. The third-order valence-corrected chi connectivity index (χ3v) is 5.82. The predicted molar refractivity (Wildman–Crippen MR) is 82.1 cm³/mol. The van der Waals surface area contributed by atoms with Crippen molar-refractivity contribution in [2.45, 2.75) is 17.9 Å². The van der Waals surface area contributed by atoms with Crippen molar-refractivity contribution in [1.29, 1.82) is 0 Å². The van der Waals surface area contributed by atoms with Gasteiger partial charge in [-0.2, -0.15) is 0 Å². The average Bonchev–Trinajstić information content (AvgIpc) is 2.25. The first-order valence-electron chi connectivity index (χ1n) is 5.60. The molecule has 0 aliphatic carbocycles. The SMILES string of the molecule is CC(CS(C)=O)NS(=O)(=O)c1ccc(Cl)c(C(=O)O)c1Cl. The first-order chi connectivity index (χ1) is 9.56. The van der Waals surface area contributed by atoms with Crippen molar-refractivity contribution in [1.82, 2.24) is 4.72 Å². The van der Waals surface area contributed by atoms with Gasteiger partial charge in [0.25, 0.3) is 0 Å². The van der Waals surface area contributed by atoms with Crippen LogP contribution in [0.5, 0.6) is 0 Å². The molecule has 21 heavy (non-hydrogen) atoms. The molecule has 1 rings (SSSR count). The van der Waals surface area contributed by atoms with Crippen molar-refractivity contribution in [3.63, 3.8) is 0 Å². The van der Waals surface area contributed by atoms with Crippen LogP contribution >= 0.6 is 23.2 Å². The Balaban J connectivity index is 3.24. The maximum absolute atomic E-state index is 12.2. The lowest BCUT2D eigenvalue weighted by atomic mass is 10.2. The summed E-state index contributed by atoms with van der Waals surface area (Å²) in [4.78, 5) is 10.7. The van der Waals surface area contributed by atoms with Crippen LogP contribution in [0.1, 0.15) is 17.3 Å². The Labute approximate surface area is 135 Å². The number of carbonyl (C=O) groups is 1. The molecule has 0 radical (unpaired) electrons. The molecular weight excluding hydrogens is 361 g/mol. The van der Waals surface area contributed by atoms with E-state index in [4.69, 9.17) is 28.3 Å². The standard InChI is InChI=1S/C11H13Cl2NO5S2/c1-6(5-20(2)17)14-21(18,19)8-4-3-7(12)9(10(8)13)11(15)16/h3-4,6,14H,5H2,1-2H3,(H,15,16). The van der Waals surface area contributed by atoms with Crippen molar-refractivity contribution in [2.24, 2.45) is 0 Å². The molecule has 0 saturated heterocycles. The van der Waals surface area contributed by atoms with Gasteiger partial charge >= 0.3 is 5.97 Å². The lowest BCUT2D eigenvalue weighted by molar-refractivity contribution is 0.0697. The number of halogens is 2. The summed E-state index contributed by atoms with van der Waals surface area (Å²) in [5.74, 6) is -1.30. The zero-order valence-corrected chi connectivity index (χ0v) is 14.2. The average molecular weight is 374 g/mol. The molecule has 0 spiro atoms. The van der Waals surface area contributed by atoms with E-state index < -0.39 is 43.4 Å². The zero-order valence-electron chi connectivity index (χ0n) is 11.1. The van der Waals surface area contributed by atoms with Crippen molar-refractivity contribution in [3.05, 3.63) is 27.7 Å². The van der Waals surface area contributed by atoms with Gasteiger partial charge in [-0.25, -0.2) is 17.9 Å². The van der Waals surface area contributed by atoms with Gasteiger partial charge in [-0.1, -0.05) is 23.2 Å². The van der Waals surface area contributed by atoms with Crippen LogP contribution in [-0.2, 0) is 20.8 Å². The molecule has 6 nitrogen and oxygen atoms in total. The van der Waals surface area contributed by atoms with Gasteiger partial charge in [-0.3, -0.25) is 4.21 Å². The van der Waals surface area contributed by atoms with E-state index in [9.17, 15) is 17.4 Å². The molecule has 1 aromatic rings. The first-order valence-corrected chi connectivity index (χ1v) is 9.56. The molecule has 118 valence electrons. The molecular formula is C11H13Cl2NO5S2. The Kier molecular flexibility index (Phi) is 6.18. The Morgan fingerprint density at radius 3 is 2.48 bits per heavy atom. The molecule has 2 unspecified atom stereocenters. The fraction of sp³-hybridized carbons (Fsp3) is 0.364. The van der Waals surface area contributed by atoms with Crippen LogP contribution < -0.4 is 4.72 Å². The summed E-state index contributed by atoms with van der Waals surface area (Å²) >= 11 is 11.5. The highest BCUT2D eigenvalue weighted by Crippen LogP contribution is 2.31. The second kappa shape index (κ2) is 7.06. The quantitative estimate of drug-likeness (QED) is 0.790. The van der Waals surface area contributed by atoms with E-state index in [0.717, 1.165) is 12.1 Å². The van der Waals surface area contributed by atoms with Crippen molar-refractivity contribution in [2.75, 3.05) is 12.0 Å². The van der Waals surface area contributed by atoms with Crippen molar-refractivity contribution in [3.8, 4) is 0 Å². The van der Waals surface area contributed by atoms with Crippen LogP contribution in [-0.4, -0.2) is 41.8 Å². The van der Waals surface area contributed by atoms with Gasteiger partial charge < -0.3 is 5.11 Å². The fourth-order valence-corrected chi connectivity index (χ4v) is 4.71. The first kappa shape index (κ1) is 18.4. The van der Waals surface area contributed by atoms with Crippen molar-refractivity contribution >= 4 is 50.0 Å². The van der Waals surface area contributed by atoms with E-state index in [2.05, 4.69) is 4.72 Å². The van der Waals surface area contributed by atoms with Crippen LogP contribution in [0.25, 0.3) is 0 Å². The van der Waals surface area contributed by atoms with Crippen LogP contribution in [0.15, 0.2) is 17.0 Å². The zero-order chi connectivity index (χ0) is 16.4. The fourth-order valence-electron chi connectivity index (χ4n) is 1.65. The molecule has 0 bridgehead atoms. The second-order valence-corrected chi connectivity index (χ2v) is 8.25. The Bertz CT molecular complexity index is 690. The lowest BCUT2D eigenvalue weighted by Crippen LogP contribution is -2.36. The third-order valence-electron chi connectivity index (χ3n) is 2.40. The minimum absolute atomic E-state index is 0.121. The van der Waals surface area contributed by atoms with Crippen LogP contribution in [0, 0.1) is 0 Å². The summed E-state index contributed by atoms with van der Waals surface area (Å²) in [7, 11) is -5.23. The molecule has 2 N–H and O–H groups in total. The molecule has 1 aromatic carbocycles. The minimum atomic E-state index is -4.05. The van der Waals surface area contributed by atoms with Gasteiger partial charge in [-0.15, -0.1) is 0 Å². The van der Waals surface area contributed by atoms with Gasteiger partial charge in [0.1, 0.15) is 4.90 Å². The smallest absolute Gasteiger partial charge is 0.338 e. The Morgan fingerprint density at radius 2 is 2.00 bits per heavy atom. The molecule has 2 atom stereocenters. The molecule has 10 heteroatoms. The third kappa shape index (κ3) is 4.65. The summed E-state index contributed by atoms with van der Waals surface area (Å²) in [6.07, 6.45) is 1.45. The minimum Gasteiger partial charge on any atom is -0.478 e. The maximum atomic E-state index is 12.2. The summed E-state index contributed by atoms with van der Waals surface area (Å²) in [5.41, 5.74) is -0.479. The summed E-state index contributed by atoms with van der Waals surface area (Å²) in [6.45, 7) is 1.54. The van der Waals surface area contributed by atoms with Gasteiger partial charge in [0, 0.05) is 28.9 Å². The Hall–Kier alpha value is -0.670. The molecule has 0 aliphatic heterocycles. The van der Waals surface area contributed by atoms with Gasteiger partial charge in [0.05, 0.1) is 15.6 Å². The van der Waals surface area contributed by atoms with E-state index in [0.29, 0.717) is 0 Å². The van der Waals surface area contributed by atoms with E-state index in [-0.39, 0.29) is 15.7 Å². The highest BCUT2D eigenvalue weighted by atomic mass is 35.5. The van der Waals surface area contributed by atoms with E-state index in [1.54, 1.807) is 6.92 Å². The molecule has 0 heterocycles. The number of hydrogen-bond donors (Lipinski definition) is 2. The molecule has 0 fully saturated rings. The molecule has 0 saturated carbocycles. The number of sulfonamides is 1. The highest BCUT2D eigenvalue weighted by Gasteiger charge is 2.26. The highest BCUT2D eigenvalue weighted by molar-refractivity contribution is 7.89. The number of aromatic carboxylic acids is 1. The number of hydrogen-bond acceptors (Lipinski definition) is 4. The van der Waals surface area contributed by atoms with E-state index in [1.807, 2.05) is 0 Å². The van der Waals surface area contributed by atoms with E-state index in [1.165, 1.54) is 6.26 Å². The van der Waals surface area contributed by atoms with Crippen molar-refractivity contribution < 1.29 is 22.5 Å². The normalized spacial score (nSPS) is 14.7. The molecule has 0 aromatic heterocycles. The number of rotatable bonds is 6. The number of nitrogens with one attached hydrogen (secondary N) is 1. The largest absolute Gasteiger partial charge is 0.478 e. The number of carboxylic acid groups (broad SMARTS) is 1. The van der Waals surface area contributed by atoms with Crippen LogP contribution in [0.3, 0.4) is 0 Å². The van der Waals surface area contributed by atoms with Gasteiger partial charge in [0.15, 0.2) is 0 Å². The number of carboxylic acids is 1. The maximum Gasteiger partial charge on any atom is 0.338 e. The summed E-state index contributed by atoms with van der Waals surface area (Å²) in [5, 5.41) is 8.39. The summed E-state index contributed by atoms with van der Waals surface area (Å²) < 4.78 is 37.8. The predicted octanol–water partition coefficient (Wildman–Crippen LogP) is 1.74. The topological polar surface area (TPSA) is 101 Å². The van der Waals surface area contributed by atoms with Crippen LogP contribution in [0.4, 0.5) is 0 Å². The molecule has 0 aliphatic rings. The van der Waals surface area contributed by atoms with Crippen LogP contribution in [0.2, 0.25) is 10.0 Å². The monoisotopic (exact) mass is 373 g/mol. The summed E-state index contributed by atoms with van der Waals surface area (Å²) in [6, 6.07) is 1.67.